The van der Waals surface area contributed by atoms with Crippen molar-refractivity contribution in [3.8, 4) is 0 Å². The van der Waals surface area contributed by atoms with Crippen molar-refractivity contribution in [3.63, 3.8) is 0 Å². The third-order valence-electron chi connectivity index (χ3n) is 2.72. The van der Waals surface area contributed by atoms with Gasteiger partial charge >= 0.3 is 0 Å². The number of alkyl halides is 1. The second-order valence-corrected chi connectivity index (χ2v) is 6.06. The topological polar surface area (TPSA) is 40.5 Å². The van der Waals surface area contributed by atoms with Crippen molar-refractivity contribution < 1.29 is 14.3 Å². The number of benzene rings is 1. The van der Waals surface area contributed by atoms with Crippen molar-refractivity contribution in [2.45, 2.75) is 30.5 Å². The number of carbonyl (C=O) groups is 1. The van der Waals surface area contributed by atoms with E-state index >= 15 is 0 Å². The molecule has 5 heteroatoms. The molecule has 1 aromatic rings. The van der Waals surface area contributed by atoms with Gasteiger partial charge in [-0.1, -0.05) is 30.0 Å². The largest absolute Gasteiger partial charge is 0.370 e. The fourth-order valence-corrected chi connectivity index (χ4v) is 3.01. The van der Waals surface area contributed by atoms with Crippen LogP contribution in [-0.4, -0.2) is 32.5 Å². The van der Waals surface area contributed by atoms with Gasteiger partial charge in [0.2, 0.25) is 0 Å². The number of aliphatic hydroxyl groups excluding tert-OH is 1. The lowest BCUT2D eigenvalue weighted by atomic mass is 10.1. The van der Waals surface area contributed by atoms with Crippen molar-refractivity contribution in [3.05, 3.63) is 35.9 Å². The third kappa shape index (κ3) is 2.17. The van der Waals surface area contributed by atoms with Crippen LogP contribution in [-0.2, 0) is 0 Å². The summed E-state index contributed by atoms with van der Waals surface area (Å²) < 4.78 is 13.5. The van der Waals surface area contributed by atoms with Crippen molar-refractivity contribution in [1.29, 1.82) is 0 Å². The van der Waals surface area contributed by atoms with Crippen molar-refractivity contribution in [1.82, 2.24) is 4.90 Å². The maximum Gasteiger partial charge on any atom is 0.257 e. The molecular weight excluding hydrogens is 241 g/mol. The van der Waals surface area contributed by atoms with Gasteiger partial charge in [-0.25, -0.2) is 4.39 Å². The van der Waals surface area contributed by atoms with Crippen molar-refractivity contribution in [2.75, 3.05) is 0 Å². The Kier molecular flexibility index (Phi) is 3.14. The summed E-state index contributed by atoms with van der Waals surface area (Å²) in [5, 5.41) is 9.73. The van der Waals surface area contributed by atoms with Gasteiger partial charge in [0.05, 0.1) is 4.87 Å². The summed E-state index contributed by atoms with van der Waals surface area (Å²) in [7, 11) is 0. The minimum atomic E-state index is -1.46. The summed E-state index contributed by atoms with van der Waals surface area (Å²) in [4.78, 5) is 12.7. The number of rotatable bonds is 1. The number of carbonyl (C=O) groups excluding carboxylic acids is 1. The normalized spacial score (nSPS) is 27.2. The average molecular weight is 255 g/mol. The number of nitrogens with zero attached hydrogens (tertiary/aromatic N) is 1. The number of hydrogen-bond acceptors (Lipinski definition) is 3. The molecule has 0 spiro atoms. The molecule has 1 amide bonds. The molecular formula is C12H14FNO2S. The molecule has 0 aromatic heterocycles. The van der Waals surface area contributed by atoms with Crippen LogP contribution in [0.15, 0.2) is 30.3 Å². The third-order valence-corrected chi connectivity index (χ3v) is 3.96. The molecule has 0 unspecified atom stereocenters. The Balaban J connectivity index is 2.31. The maximum absolute atomic E-state index is 13.5. The van der Waals surface area contributed by atoms with Gasteiger partial charge in [0.1, 0.15) is 0 Å². The van der Waals surface area contributed by atoms with E-state index in [0.717, 1.165) is 11.8 Å². The quantitative estimate of drug-likeness (QED) is 0.836. The second kappa shape index (κ2) is 4.31. The summed E-state index contributed by atoms with van der Waals surface area (Å²) in [6.45, 7) is 3.45. The zero-order chi connectivity index (χ0) is 12.6. The molecule has 1 aliphatic heterocycles. The Morgan fingerprint density at radius 2 is 2.00 bits per heavy atom. The molecule has 17 heavy (non-hydrogen) atoms. The zero-order valence-corrected chi connectivity index (χ0v) is 10.4. The zero-order valence-electron chi connectivity index (χ0n) is 9.63. The first-order valence-electron chi connectivity index (χ1n) is 5.32. The summed E-state index contributed by atoms with van der Waals surface area (Å²) >= 11 is 0.950. The van der Waals surface area contributed by atoms with Crippen LogP contribution in [0.2, 0.25) is 0 Å². The lowest BCUT2D eigenvalue weighted by molar-refractivity contribution is -0.0192. The number of aliphatic hydroxyl groups is 1. The van der Waals surface area contributed by atoms with Gasteiger partial charge in [0.15, 0.2) is 11.7 Å². The Labute approximate surface area is 104 Å². The average Bonchev–Trinajstić information content (AvgIpc) is 2.48. The summed E-state index contributed by atoms with van der Waals surface area (Å²) in [5.41, 5.74) is -1.01. The van der Waals surface area contributed by atoms with Gasteiger partial charge < -0.3 is 5.11 Å². The van der Waals surface area contributed by atoms with Crippen LogP contribution < -0.4 is 0 Å². The van der Waals surface area contributed by atoms with Gasteiger partial charge in [-0.05, 0) is 26.0 Å². The molecule has 0 bridgehead atoms. The SMILES string of the molecule is CC1(C)S[C@H](F)[C@@H](O)N1C(=O)c1ccccc1. The minimum Gasteiger partial charge on any atom is -0.370 e. The van der Waals surface area contributed by atoms with Crippen LogP contribution in [0.5, 0.6) is 0 Å². The summed E-state index contributed by atoms with van der Waals surface area (Å²) in [5.74, 6) is -0.351. The predicted molar refractivity (Wildman–Crippen MR) is 65.2 cm³/mol. The van der Waals surface area contributed by atoms with Crippen molar-refractivity contribution >= 4 is 17.7 Å². The van der Waals surface area contributed by atoms with Crippen LogP contribution in [0.1, 0.15) is 24.2 Å². The van der Waals surface area contributed by atoms with Gasteiger partial charge in [-0.3, -0.25) is 9.69 Å². The summed E-state index contributed by atoms with van der Waals surface area (Å²) in [6, 6.07) is 8.59. The van der Waals surface area contributed by atoms with E-state index in [1.54, 1.807) is 44.2 Å². The number of amides is 1. The lowest BCUT2D eigenvalue weighted by Gasteiger charge is -2.32. The number of halogens is 1. The standard InChI is InChI=1S/C12H14FNO2S/c1-12(2)14(11(16)9(13)17-12)10(15)8-6-4-3-5-7-8/h3-7,9,11,16H,1-2H3/t9-,11+/m0/s1. The first-order chi connectivity index (χ1) is 7.93. The Bertz CT molecular complexity index is 424. The molecule has 92 valence electrons. The van der Waals surface area contributed by atoms with Crippen LogP contribution in [0.3, 0.4) is 0 Å². The molecule has 2 atom stereocenters. The molecule has 0 radical (unpaired) electrons. The molecule has 1 heterocycles. The molecule has 0 saturated carbocycles. The molecule has 1 aliphatic rings. The highest BCUT2D eigenvalue weighted by Crippen LogP contribution is 2.44. The fraction of sp³-hybridized carbons (Fsp3) is 0.417. The number of thioether (sulfide) groups is 1. The Morgan fingerprint density at radius 1 is 1.41 bits per heavy atom. The smallest absolute Gasteiger partial charge is 0.257 e. The Hall–Kier alpha value is -1.07. The van der Waals surface area contributed by atoms with Gasteiger partial charge in [-0.2, -0.15) is 0 Å². The molecule has 1 saturated heterocycles. The van der Waals surface area contributed by atoms with E-state index < -0.39 is 16.6 Å². The molecule has 1 N–H and O–H groups in total. The number of hydrogen-bond donors (Lipinski definition) is 1. The lowest BCUT2D eigenvalue weighted by Crippen LogP contribution is -2.47. The van der Waals surface area contributed by atoms with E-state index in [2.05, 4.69) is 0 Å². The van der Waals surface area contributed by atoms with Crippen LogP contribution in [0, 0.1) is 0 Å². The van der Waals surface area contributed by atoms with E-state index in [1.165, 1.54) is 4.90 Å². The van der Waals surface area contributed by atoms with Crippen molar-refractivity contribution in [2.24, 2.45) is 0 Å². The van der Waals surface area contributed by atoms with Gasteiger partial charge in [0, 0.05) is 5.56 Å². The molecule has 1 fully saturated rings. The molecule has 1 aromatic carbocycles. The predicted octanol–water partition coefficient (Wildman–Crippen LogP) is 2.23. The minimum absolute atomic E-state index is 0.351. The molecule has 2 rings (SSSR count). The second-order valence-electron chi connectivity index (χ2n) is 4.37. The monoisotopic (exact) mass is 255 g/mol. The van der Waals surface area contributed by atoms with E-state index in [0.29, 0.717) is 5.56 Å². The highest BCUT2D eigenvalue weighted by molar-refractivity contribution is 8.01. The van der Waals surface area contributed by atoms with Gasteiger partial charge in [-0.15, -0.1) is 0 Å². The van der Waals surface area contributed by atoms with Crippen LogP contribution in [0.4, 0.5) is 4.39 Å². The molecule has 3 nitrogen and oxygen atoms in total. The fourth-order valence-electron chi connectivity index (χ4n) is 1.91. The molecule has 0 aliphatic carbocycles. The van der Waals surface area contributed by atoms with E-state index in [-0.39, 0.29) is 5.91 Å². The van der Waals surface area contributed by atoms with Crippen LogP contribution >= 0.6 is 11.8 Å². The van der Waals surface area contributed by atoms with E-state index in [9.17, 15) is 14.3 Å². The maximum atomic E-state index is 13.5. The van der Waals surface area contributed by atoms with Crippen LogP contribution in [0.25, 0.3) is 0 Å². The Morgan fingerprint density at radius 3 is 2.47 bits per heavy atom. The van der Waals surface area contributed by atoms with Gasteiger partial charge in [0.25, 0.3) is 5.91 Å². The first kappa shape index (κ1) is 12.4. The van der Waals surface area contributed by atoms with E-state index in [4.69, 9.17) is 0 Å². The highest BCUT2D eigenvalue weighted by atomic mass is 32.2. The highest BCUT2D eigenvalue weighted by Gasteiger charge is 2.49. The first-order valence-corrected chi connectivity index (χ1v) is 6.20. The summed E-state index contributed by atoms with van der Waals surface area (Å²) in [6.07, 6.45) is -1.39. The van der Waals surface area contributed by atoms with E-state index in [1.807, 2.05) is 0 Å².